The average molecular weight is 234 g/mol. The lowest BCUT2D eigenvalue weighted by Gasteiger charge is -2.12. The Morgan fingerprint density at radius 3 is 2.67 bits per heavy atom. The van der Waals surface area contributed by atoms with Crippen molar-refractivity contribution in [3.05, 3.63) is 0 Å². The molecule has 1 saturated heterocycles. The Hall–Kier alpha value is -0.810. The Labute approximate surface area is 94.8 Å². The lowest BCUT2D eigenvalue weighted by atomic mass is 10.2. The van der Waals surface area contributed by atoms with E-state index < -0.39 is 0 Å². The highest BCUT2D eigenvalue weighted by Gasteiger charge is 2.47. The molecule has 15 heavy (non-hydrogen) atoms. The number of halogens is 1. The largest absolute Gasteiger partial charge is 0.358 e. The maximum atomic E-state index is 11.5. The number of rotatable bonds is 3. The van der Waals surface area contributed by atoms with Crippen molar-refractivity contribution in [2.75, 3.05) is 13.6 Å². The average Bonchev–Trinajstić information content (AvgIpc) is 2.81. The predicted octanol–water partition coefficient (Wildman–Crippen LogP) is -0.979. The highest BCUT2D eigenvalue weighted by molar-refractivity contribution is 5.87. The van der Waals surface area contributed by atoms with Crippen LogP contribution in [0.3, 0.4) is 0 Å². The van der Waals surface area contributed by atoms with Crippen molar-refractivity contribution in [3.63, 3.8) is 0 Å². The third-order valence-corrected chi connectivity index (χ3v) is 2.89. The summed E-state index contributed by atoms with van der Waals surface area (Å²) >= 11 is 0. The Balaban J connectivity index is 0.00000112. The van der Waals surface area contributed by atoms with Crippen molar-refractivity contribution in [2.45, 2.75) is 24.9 Å². The molecule has 3 atom stereocenters. The van der Waals surface area contributed by atoms with Gasteiger partial charge in [-0.1, -0.05) is 0 Å². The van der Waals surface area contributed by atoms with Crippen molar-refractivity contribution in [2.24, 2.45) is 5.92 Å². The van der Waals surface area contributed by atoms with Gasteiger partial charge in [-0.05, 0) is 18.8 Å². The Morgan fingerprint density at radius 1 is 1.40 bits per heavy atom. The number of likely N-dealkylation sites (N-methyl/N-ethyl adjacent to an activating group) is 1. The maximum Gasteiger partial charge on any atom is 0.239 e. The van der Waals surface area contributed by atoms with Crippen LogP contribution in [0.25, 0.3) is 0 Å². The van der Waals surface area contributed by atoms with Gasteiger partial charge in [0.2, 0.25) is 11.8 Å². The first-order chi connectivity index (χ1) is 6.70. The molecule has 0 aromatic heterocycles. The van der Waals surface area contributed by atoms with E-state index in [1.54, 1.807) is 7.05 Å². The normalized spacial score (nSPS) is 31.1. The van der Waals surface area contributed by atoms with Gasteiger partial charge in [0, 0.05) is 13.1 Å². The first-order valence-electron chi connectivity index (χ1n) is 4.95. The standard InChI is InChI=1S/C9H15N3O2.ClH/c1-10-8(13)4-11-9(14)7-3-5-2-6(5)12-7;/h5-7,12H,2-4H2,1H3,(H,10,13)(H,11,14);1H/t5-,6-,7+;/m1./s1. The molecule has 0 aromatic rings. The molecule has 2 rings (SSSR count). The molecule has 0 spiro atoms. The molecule has 2 amide bonds. The van der Waals surface area contributed by atoms with Gasteiger partial charge in [-0.2, -0.15) is 0 Å². The van der Waals surface area contributed by atoms with Gasteiger partial charge in [0.25, 0.3) is 0 Å². The summed E-state index contributed by atoms with van der Waals surface area (Å²) < 4.78 is 0. The number of piperidine rings is 1. The fraction of sp³-hybridized carbons (Fsp3) is 0.778. The van der Waals surface area contributed by atoms with Gasteiger partial charge < -0.3 is 16.0 Å². The van der Waals surface area contributed by atoms with Gasteiger partial charge in [-0.15, -0.1) is 12.4 Å². The maximum absolute atomic E-state index is 11.5. The van der Waals surface area contributed by atoms with Crippen molar-refractivity contribution in [1.82, 2.24) is 16.0 Å². The molecule has 1 aliphatic carbocycles. The molecular weight excluding hydrogens is 218 g/mol. The van der Waals surface area contributed by atoms with E-state index in [0.717, 1.165) is 6.42 Å². The van der Waals surface area contributed by atoms with Crippen LogP contribution >= 0.6 is 12.4 Å². The molecule has 1 heterocycles. The summed E-state index contributed by atoms with van der Waals surface area (Å²) in [5.41, 5.74) is 0. The van der Waals surface area contributed by atoms with Crippen LogP contribution in [0.5, 0.6) is 0 Å². The van der Waals surface area contributed by atoms with Crippen LogP contribution in [0.1, 0.15) is 12.8 Å². The molecule has 86 valence electrons. The van der Waals surface area contributed by atoms with Gasteiger partial charge in [0.15, 0.2) is 0 Å². The number of hydrogen-bond acceptors (Lipinski definition) is 3. The summed E-state index contributed by atoms with van der Waals surface area (Å²) in [7, 11) is 1.55. The van der Waals surface area contributed by atoms with Gasteiger partial charge >= 0.3 is 0 Å². The summed E-state index contributed by atoms with van der Waals surface area (Å²) in [5, 5.41) is 8.28. The van der Waals surface area contributed by atoms with E-state index in [0.29, 0.717) is 12.0 Å². The lowest BCUT2D eigenvalue weighted by molar-refractivity contribution is -0.127. The van der Waals surface area contributed by atoms with E-state index in [4.69, 9.17) is 0 Å². The fourth-order valence-electron chi connectivity index (χ4n) is 1.90. The molecule has 1 aliphatic heterocycles. The van der Waals surface area contributed by atoms with E-state index in [2.05, 4.69) is 16.0 Å². The first kappa shape index (κ1) is 12.3. The number of hydrogen-bond donors (Lipinski definition) is 3. The number of amides is 2. The van der Waals surface area contributed by atoms with Gasteiger partial charge in [0.1, 0.15) is 0 Å². The number of fused-ring (bicyclic) bond motifs is 1. The molecule has 0 radical (unpaired) electrons. The van der Waals surface area contributed by atoms with Crippen molar-refractivity contribution in [1.29, 1.82) is 0 Å². The Kier molecular flexibility index (Phi) is 3.93. The van der Waals surface area contributed by atoms with E-state index in [-0.39, 0.29) is 36.8 Å². The lowest BCUT2D eigenvalue weighted by Crippen LogP contribution is -2.45. The summed E-state index contributed by atoms with van der Waals surface area (Å²) in [4.78, 5) is 22.3. The van der Waals surface area contributed by atoms with Crippen LogP contribution in [0.15, 0.2) is 0 Å². The minimum atomic E-state index is -0.165. The molecule has 0 aromatic carbocycles. The number of nitrogens with one attached hydrogen (secondary N) is 3. The van der Waals surface area contributed by atoms with Crippen molar-refractivity contribution >= 4 is 24.2 Å². The van der Waals surface area contributed by atoms with Crippen LogP contribution in [0.4, 0.5) is 0 Å². The van der Waals surface area contributed by atoms with Crippen LogP contribution in [0.2, 0.25) is 0 Å². The molecule has 5 nitrogen and oxygen atoms in total. The fourth-order valence-corrected chi connectivity index (χ4v) is 1.90. The quantitative estimate of drug-likeness (QED) is 0.587. The summed E-state index contributed by atoms with van der Waals surface area (Å²) in [6.45, 7) is 0.0723. The highest BCUT2D eigenvalue weighted by Crippen LogP contribution is 2.40. The molecule has 3 N–H and O–H groups in total. The molecule has 0 unspecified atom stereocenters. The van der Waals surface area contributed by atoms with Gasteiger partial charge in [0.05, 0.1) is 12.6 Å². The van der Waals surface area contributed by atoms with Crippen LogP contribution in [0, 0.1) is 5.92 Å². The van der Waals surface area contributed by atoms with E-state index in [9.17, 15) is 9.59 Å². The molecule has 1 saturated carbocycles. The molecule has 6 heteroatoms. The predicted molar refractivity (Wildman–Crippen MR) is 57.8 cm³/mol. The Morgan fingerprint density at radius 2 is 2.13 bits per heavy atom. The van der Waals surface area contributed by atoms with Crippen LogP contribution < -0.4 is 16.0 Å². The molecule has 2 fully saturated rings. The number of carbonyl (C=O) groups is 2. The van der Waals surface area contributed by atoms with Crippen LogP contribution in [-0.2, 0) is 9.59 Å². The minimum Gasteiger partial charge on any atom is -0.358 e. The summed E-state index contributed by atoms with van der Waals surface area (Å²) in [5.74, 6) is 0.480. The third-order valence-electron chi connectivity index (χ3n) is 2.89. The van der Waals surface area contributed by atoms with E-state index >= 15 is 0 Å². The summed E-state index contributed by atoms with van der Waals surface area (Å²) in [6.07, 6.45) is 2.13. The highest BCUT2D eigenvalue weighted by atomic mass is 35.5. The Bertz CT molecular complexity index is 262. The van der Waals surface area contributed by atoms with Crippen molar-refractivity contribution in [3.8, 4) is 0 Å². The van der Waals surface area contributed by atoms with E-state index in [1.807, 2.05) is 0 Å². The van der Waals surface area contributed by atoms with E-state index in [1.165, 1.54) is 6.42 Å². The second-order valence-electron chi connectivity index (χ2n) is 3.95. The number of carbonyl (C=O) groups excluding carboxylic acids is 2. The zero-order chi connectivity index (χ0) is 10.1. The molecular formula is C9H16ClN3O2. The first-order valence-corrected chi connectivity index (χ1v) is 4.95. The third kappa shape index (κ3) is 2.82. The second kappa shape index (κ2) is 4.81. The smallest absolute Gasteiger partial charge is 0.239 e. The van der Waals surface area contributed by atoms with Gasteiger partial charge in [-0.25, -0.2) is 0 Å². The van der Waals surface area contributed by atoms with Crippen LogP contribution in [-0.4, -0.2) is 37.5 Å². The zero-order valence-electron chi connectivity index (χ0n) is 8.58. The zero-order valence-corrected chi connectivity index (χ0v) is 9.39. The topological polar surface area (TPSA) is 70.2 Å². The molecule has 0 bridgehead atoms. The monoisotopic (exact) mass is 233 g/mol. The van der Waals surface area contributed by atoms with Gasteiger partial charge in [-0.3, -0.25) is 9.59 Å². The SMILES string of the molecule is CNC(=O)CNC(=O)[C@@H]1C[C@H]2C[C@H]2N1.Cl. The molecule has 2 aliphatic rings. The second-order valence-corrected chi connectivity index (χ2v) is 3.95. The summed E-state index contributed by atoms with van der Waals surface area (Å²) in [6, 6.07) is 0.481. The van der Waals surface area contributed by atoms with Crippen molar-refractivity contribution < 1.29 is 9.59 Å². The minimum absolute atomic E-state index is 0.